The molecular formula is C18H35N5O. The van der Waals surface area contributed by atoms with Crippen LogP contribution in [0.4, 0.5) is 0 Å². The highest BCUT2D eigenvalue weighted by molar-refractivity contribution is 5.85. The lowest BCUT2D eigenvalue weighted by Crippen LogP contribution is -2.55. The summed E-state index contributed by atoms with van der Waals surface area (Å²) in [4.78, 5) is 21.1. The minimum atomic E-state index is 0.0928. The number of rotatable bonds is 6. The van der Waals surface area contributed by atoms with Gasteiger partial charge >= 0.3 is 0 Å². The van der Waals surface area contributed by atoms with E-state index in [0.29, 0.717) is 0 Å². The molecule has 1 amide bonds. The summed E-state index contributed by atoms with van der Waals surface area (Å²) >= 11 is 0. The fourth-order valence-corrected chi connectivity index (χ4v) is 3.47. The maximum atomic E-state index is 12.2. The van der Waals surface area contributed by atoms with E-state index in [1.165, 1.54) is 32.4 Å². The molecule has 0 aliphatic carbocycles. The Bertz CT molecular complexity index is 423. The number of aliphatic imine (C=N–C) groups is 1. The molecule has 0 atom stereocenters. The first-order chi connectivity index (χ1) is 11.5. The monoisotopic (exact) mass is 337 g/mol. The van der Waals surface area contributed by atoms with Crippen LogP contribution in [0.15, 0.2) is 4.99 Å². The first-order valence-electron chi connectivity index (χ1n) is 9.58. The lowest BCUT2D eigenvalue weighted by molar-refractivity contribution is -0.128. The molecule has 24 heavy (non-hydrogen) atoms. The van der Waals surface area contributed by atoms with Crippen molar-refractivity contribution in [1.82, 2.24) is 20.4 Å². The van der Waals surface area contributed by atoms with Crippen LogP contribution in [0.2, 0.25) is 0 Å². The van der Waals surface area contributed by atoms with Gasteiger partial charge in [0.05, 0.1) is 0 Å². The van der Waals surface area contributed by atoms with Gasteiger partial charge in [0.15, 0.2) is 5.96 Å². The maximum absolute atomic E-state index is 12.2. The first kappa shape index (κ1) is 19.0. The van der Waals surface area contributed by atoms with Crippen LogP contribution < -0.4 is 10.6 Å². The van der Waals surface area contributed by atoms with Gasteiger partial charge in [-0.3, -0.25) is 9.69 Å². The van der Waals surface area contributed by atoms with Gasteiger partial charge in [0, 0.05) is 31.7 Å². The SMILES string of the molecule is CCNC(=NCC(=O)N1CCCC1)NCC(C)(C)N1CCCCC1. The molecule has 138 valence electrons. The number of carbonyl (C=O) groups excluding carboxylic acids is 1. The van der Waals surface area contributed by atoms with Gasteiger partial charge in [-0.25, -0.2) is 4.99 Å². The van der Waals surface area contributed by atoms with Gasteiger partial charge < -0.3 is 15.5 Å². The summed E-state index contributed by atoms with van der Waals surface area (Å²) < 4.78 is 0. The van der Waals surface area contributed by atoms with Gasteiger partial charge in [-0.15, -0.1) is 0 Å². The lowest BCUT2D eigenvalue weighted by Gasteiger charge is -2.41. The molecule has 0 aromatic carbocycles. The van der Waals surface area contributed by atoms with Crippen molar-refractivity contribution in [2.75, 3.05) is 45.8 Å². The van der Waals surface area contributed by atoms with E-state index in [1.54, 1.807) is 0 Å². The summed E-state index contributed by atoms with van der Waals surface area (Å²) in [6, 6.07) is 0. The third-order valence-electron chi connectivity index (χ3n) is 5.08. The molecular weight excluding hydrogens is 302 g/mol. The van der Waals surface area contributed by atoms with E-state index < -0.39 is 0 Å². The molecule has 6 nitrogen and oxygen atoms in total. The summed E-state index contributed by atoms with van der Waals surface area (Å²) in [6.45, 7) is 12.6. The van der Waals surface area contributed by atoms with E-state index in [0.717, 1.165) is 45.0 Å². The third-order valence-corrected chi connectivity index (χ3v) is 5.08. The number of amides is 1. The van der Waals surface area contributed by atoms with Crippen molar-refractivity contribution in [2.24, 2.45) is 4.99 Å². The minimum Gasteiger partial charge on any atom is -0.357 e. The predicted molar refractivity (Wildman–Crippen MR) is 99.3 cm³/mol. The van der Waals surface area contributed by atoms with Crippen molar-refractivity contribution < 1.29 is 4.79 Å². The second kappa shape index (κ2) is 9.25. The number of hydrogen-bond acceptors (Lipinski definition) is 3. The van der Waals surface area contributed by atoms with Crippen molar-refractivity contribution in [3.05, 3.63) is 0 Å². The van der Waals surface area contributed by atoms with E-state index in [4.69, 9.17) is 0 Å². The van der Waals surface area contributed by atoms with Crippen LogP contribution in [-0.2, 0) is 4.79 Å². The number of piperidine rings is 1. The molecule has 0 saturated carbocycles. The summed E-state index contributed by atoms with van der Waals surface area (Å²) in [5.74, 6) is 0.884. The summed E-state index contributed by atoms with van der Waals surface area (Å²) in [5, 5.41) is 6.68. The molecule has 0 spiro atoms. The van der Waals surface area contributed by atoms with Gasteiger partial charge in [0.2, 0.25) is 5.91 Å². The second-order valence-corrected chi connectivity index (χ2v) is 7.50. The molecule has 0 aromatic heterocycles. The molecule has 2 saturated heterocycles. The Morgan fingerprint density at radius 3 is 2.25 bits per heavy atom. The van der Waals surface area contributed by atoms with Crippen molar-refractivity contribution >= 4 is 11.9 Å². The molecule has 2 heterocycles. The molecule has 0 aromatic rings. The number of likely N-dealkylation sites (tertiary alicyclic amines) is 2. The Balaban J connectivity index is 1.84. The molecule has 2 rings (SSSR count). The molecule has 6 heteroatoms. The van der Waals surface area contributed by atoms with E-state index in [-0.39, 0.29) is 18.0 Å². The minimum absolute atomic E-state index is 0.0928. The zero-order valence-corrected chi connectivity index (χ0v) is 15.7. The smallest absolute Gasteiger partial charge is 0.244 e. The summed E-state index contributed by atoms with van der Waals surface area (Å²) in [5.41, 5.74) is 0.0928. The van der Waals surface area contributed by atoms with Gasteiger partial charge in [-0.1, -0.05) is 6.42 Å². The fourth-order valence-electron chi connectivity index (χ4n) is 3.47. The zero-order valence-electron chi connectivity index (χ0n) is 15.7. The highest BCUT2D eigenvalue weighted by Crippen LogP contribution is 2.19. The summed E-state index contributed by atoms with van der Waals surface area (Å²) in [7, 11) is 0. The zero-order chi connectivity index (χ0) is 17.4. The second-order valence-electron chi connectivity index (χ2n) is 7.50. The number of hydrogen-bond donors (Lipinski definition) is 2. The van der Waals surface area contributed by atoms with Gasteiger partial charge in [-0.05, 0) is 59.5 Å². The van der Waals surface area contributed by atoms with Gasteiger partial charge in [-0.2, -0.15) is 0 Å². The van der Waals surface area contributed by atoms with Crippen LogP contribution >= 0.6 is 0 Å². The van der Waals surface area contributed by atoms with Crippen LogP contribution in [-0.4, -0.2) is 73.0 Å². The molecule has 2 aliphatic rings. The van der Waals surface area contributed by atoms with Gasteiger partial charge in [0.25, 0.3) is 0 Å². The fraction of sp³-hybridized carbons (Fsp3) is 0.889. The number of nitrogens with one attached hydrogen (secondary N) is 2. The van der Waals surface area contributed by atoms with Crippen LogP contribution in [0.1, 0.15) is 52.9 Å². The highest BCUT2D eigenvalue weighted by Gasteiger charge is 2.28. The van der Waals surface area contributed by atoms with Crippen molar-refractivity contribution in [2.45, 2.75) is 58.4 Å². The summed E-state index contributed by atoms with van der Waals surface area (Å²) in [6.07, 6.45) is 6.18. The van der Waals surface area contributed by atoms with Crippen molar-refractivity contribution in [3.63, 3.8) is 0 Å². The molecule has 2 N–H and O–H groups in total. The Labute approximate surface area is 147 Å². The van der Waals surface area contributed by atoms with Crippen LogP contribution in [0.25, 0.3) is 0 Å². The third kappa shape index (κ3) is 5.65. The van der Waals surface area contributed by atoms with Crippen LogP contribution in [0.3, 0.4) is 0 Å². The van der Waals surface area contributed by atoms with E-state index in [1.807, 2.05) is 4.90 Å². The Hall–Kier alpha value is -1.30. The average molecular weight is 338 g/mol. The highest BCUT2D eigenvalue weighted by atomic mass is 16.2. The predicted octanol–water partition coefficient (Wildman–Crippen LogP) is 1.43. The van der Waals surface area contributed by atoms with Crippen molar-refractivity contribution in [3.8, 4) is 0 Å². The molecule has 2 aliphatic heterocycles. The molecule has 0 bridgehead atoms. The molecule has 0 unspecified atom stereocenters. The first-order valence-corrected chi connectivity index (χ1v) is 9.58. The molecule has 2 fully saturated rings. The Kier molecular flexibility index (Phi) is 7.34. The van der Waals surface area contributed by atoms with E-state index in [9.17, 15) is 4.79 Å². The average Bonchev–Trinajstić information content (AvgIpc) is 3.12. The lowest BCUT2D eigenvalue weighted by atomic mass is 9.98. The van der Waals surface area contributed by atoms with Gasteiger partial charge in [0.1, 0.15) is 6.54 Å². The largest absolute Gasteiger partial charge is 0.357 e. The Morgan fingerprint density at radius 1 is 1.00 bits per heavy atom. The Morgan fingerprint density at radius 2 is 1.62 bits per heavy atom. The topological polar surface area (TPSA) is 60.0 Å². The molecule has 0 radical (unpaired) electrons. The maximum Gasteiger partial charge on any atom is 0.244 e. The van der Waals surface area contributed by atoms with Crippen LogP contribution in [0.5, 0.6) is 0 Å². The number of carbonyl (C=O) groups is 1. The van der Waals surface area contributed by atoms with Crippen molar-refractivity contribution in [1.29, 1.82) is 0 Å². The normalized spacial score (nSPS) is 20.3. The van der Waals surface area contributed by atoms with E-state index >= 15 is 0 Å². The number of nitrogens with zero attached hydrogens (tertiary/aromatic N) is 3. The van der Waals surface area contributed by atoms with E-state index in [2.05, 4.69) is 41.3 Å². The standard InChI is InChI=1S/C18H35N5O/c1-4-19-17(20-14-16(24)22-10-8-9-11-22)21-15-18(2,3)23-12-6-5-7-13-23/h4-15H2,1-3H3,(H2,19,20,21). The van der Waals surface area contributed by atoms with Crippen LogP contribution in [0, 0.1) is 0 Å². The quantitative estimate of drug-likeness (QED) is 0.569. The number of guanidine groups is 1.